The molecule has 0 heterocycles. The number of anilines is 1. The molecule has 2 aromatic carbocycles. The first kappa shape index (κ1) is 26.7. The van der Waals surface area contributed by atoms with Crippen molar-refractivity contribution in [2.45, 2.75) is 53.2 Å². The zero-order chi connectivity index (χ0) is 21.9. The van der Waals surface area contributed by atoms with E-state index in [9.17, 15) is 4.79 Å². The highest BCUT2D eigenvalue weighted by Gasteiger charge is 2.09. The lowest BCUT2D eigenvalue weighted by molar-refractivity contribution is -0.114. The highest BCUT2D eigenvalue weighted by molar-refractivity contribution is 14.0. The molecule has 0 spiro atoms. The van der Waals surface area contributed by atoms with Gasteiger partial charge in [0.1, 0.15) is 5.75 Å². The molecule has 0 aliphatic rings. The molecule has 0 aliphatic carbocycles. The molecule has 0 saturated heterocycles. The largest absolute Gasteiger partial charge is 0.490 e. The monoisotopic (exact) mass is 538 g/mol. The van der Waals surface area contributed by atoms with Gasteiger partial charge in [0.2, 0.25) is 5.91 Å². The van der Waals surface area contributed by atoms with Crippen LogP contribution in [0.5, 0.6) is 5.75 Å². The molecule has 2 rings (SSSR count). The summed E-state index contributed by atoms with van der Waals surface area (Å²) in [6.07, 6.45) is 2.00. The molecule has 1 amide bonds. The Morgan fingerprint density at radius 3 is 2.45 bits per heavy atom. The molecule has 7 heteroatoms. The lowest BCUT2D eigenvalue weighted by atomic mass is 10.1. The molecule has 0 aromatic heterocycles. The topological polar surface area (TPSA) is 74.8 Å². The minimum atomic E-state index is -0.0643. The van der Waals surface area contributed by atoms with Gasteiger partial charge in [-0.3, -0.25) is 9.79 Å². The average Bonchev–Trinajstić information content (AvgIpc) is 2.72. The summed E-state index contributed by atoms with van der Waals surface area (Å²) in [5.74, 6) is 1.61. The molecular formula is C24H35IN4O2. The predicted molar refractivity (Wildman–Crippen MR) is 140 cm³/mol. The van der Waals surface area contributed by atoms with E-state index in [1.807, 2.05) is 24.3 Å². The summed E-state index contributed by atoms with van der Waals surface area (Å²) in [6.45, 7) is 9.18. The van der Waals surface area contributed by atoms with E-state index >= 15 is 0 Å². The van der Waals surface area contributed by atoms with Crippen molar-refractivity contribution >= 4 is 41.5 Å². The Bertz CT molecular complexity index is 853. The third kappa shape index (κ3) is 9.59. The summed E-state index contributed by atoms with van der Waals surface area (Å²) in [5, 5.41) is 9.49. The number of benzene rings is 2. The van der Waals surface area contributed by atoms with Crippen LogP contribution >= 0.6 is 24.0 Å². The summed E-state index contributed by atoms with van der Waals surface area (Å²) < 4.78 is 6.09. The number of hydrogen-bond donors (Lipinski definition) is 3. The van der Waals surface area contributed by atoms with E-state index in [1.54, 1.807) is 7.05 Å². The van der Waals surface area contributed by atoms with Crippen LogP contribution in [0, 0.1) is 6.92 Å². The van der Waals surface area contributed by atoms with Crippen LogP contribution < -0.4 is 20.7 Å². The van der Waals surface area contributed by atoms with E-state index in [2.05, 4.69) is 59.9 Å². The van der Waals surface area contributed by atoms with E-state index in [0.717, 1.165) is 42.3 Å². The fourth-order valence-electron chi connectivity index (χ4n) is 2.90. The Morgan fingerprint density at radius 1 is 1.13 bits per heavy atom. The minimum absolute atomic E-state index is 0. The number of hydrogen-bond acceptors (Lipinski definition) is 3. The van der Waals surface area contributed by atoms with Gasteiger partial charge in [-0.2, -0.15) is 0 Å². The van der Waals surface area contributed by atoms with E-state index in [4.69, 9.17) is 4.74 Å². The lowest BCUT2D eigenvalue weighted by Crippen LogP contribution is -2.38. The molecule has 1 atom stereocenters. The zero-order valence-electron chi connectivity index (χ0n) is 19.1. The highest BCUT2D eigenvalue weighted by Crippen LogP contribution is 2.22. The number of carbonyl (C=O) groups is 1. The first-order chi connectivity index (χ1) is 14.4. The maximum Gasteiger partial charge on any atom is 0.221 e. The van der Waals surface area contributed by atoms with Gasteiger partial charge in [-0.1, -0.05) is 31.2 Å². The van der Waals surface area contributed by atoms with Crippen molar-refractivity contribution in [1.29, 1.82) is 0 Å². The molecule has 6 nitrogen and oxygen atoms in total. The number of nitrogens with one attached hydrogen (secondary N) is 3. The second-order valence-corrected chi connectivity index (χ2v) is 7.43. The minimum Gasteiger partial charge on any atom is -0.490 e. The summed E-state index contributed by atoms with van der Waals surface area (Å²) >= 11 is 0. The van der Waals surface area contributed by atoms with Gasteiger partial charge in [-0.15, -0.1) is 24.0 Å². The zero-order valence-corrected chi connectivity index (χ0v) is 21.4. The third-order valence-corrected chi connectivity index (χ3v) is 4.78. The van der Waals surface area contributed by atoms with Crippen molar-refractivity contribution in [3.05, 3.63) is 59.2 Å². The number of carbonyl (C=O) groups excluding carboxylic acids is 1. The SMILES string of the molecule is CCC(C)Oc1cc(C)ccc1CNC(=NC)NCCc1ccc(NC(C)=O)cc1.I. The number of ether oxygens (including phenoxy) is 1. The molecule has 0 bridgehead atoms. The van der Waals surface area contributed by atoms with Crippen molar-refractivity contribution in [1.82, 2.24) is 10.6 Å². The number of amides is 1. The molecule has 0 fully saturated rings. The quantitative estimate of drug-likeness (QED) is 0.247. The normalized spacial score (nSPS) is 11.8. The molecule has 3 N–H and O–H groups in total. The Hall–Kier alpha value is -2.29. The Kier molecular flexibility index (Phi) is 12.0. The molecule has 2 aromatic rings. The van der Waals surface area contributed by atoms with E-state index in [-0.39, 0.29) is 36.0 Å². The predicted octanol–water partition coefficient (Wildman–Crippen LogP) is 4.66. The number of aryl methyl sites for hydroxylation is 1. The summed E-state index contributed by atoms with van der Waals surface area (Å²) in [5.41, 5.74) is 4.29. The standard InChI is InChI=1S/C24H34N4O2.HI/c1-6-18(3)30-23-15-17(2)7-10-21(23)16-27-24(25-5)26-14-13-20-8-11-22(12-9-20)28-19(4)29;/h7-12,15,18H,6,13-14,16H2,1-5H3,(H,28,29)(H2,25,26,27);1H. The fourth-order valence-corrected chi connectivity index (χ4v) is 2.90. The average molecular weight is 538 g/mol. The molecule has 1 unspecified atom stereocenters. The number of halogens is 1. The molecule has 0 aliphatic heterocycles. The summed E-state index contributed by atoms with van der Waals surface area (Å²) in [6, 6.07) is 14.2. The molecule has 0 radical (unpaired) electrons. The van der Waals surface area contributed by atoms with Gasteiger partial charge in [-0.05, 0) is 56.0 Å². The van der Waals surface area contributed by atoms with Gasteiger partial charge < -0.3 is 20.7 Å². The number of aliphatic imine (C=N–C) groups is 1. The third-order valence-electron chi connectivity index (χ3n) is 4.78. The molecule has 0 saturated carbocycles. The number of nitrogens with zero attached hydrogens (tertiary/aromatic N) is 1. The first-order valence-electron chi connectivity index (χ1n) is 10.5. The summed E-state index contributed by atoms with van der Waals surface area (Å²) in [4.78, 5) is 15.4. The van der Waals surface area contributed by atoms with Crippen LogP contribution in [-0.4, -0.2) is 31.6 Å². The van der Waals surface area contributed by atoms with Crippen LogP contribution in [0.2, 0.25) is 0 Å². The molecule has 31 heavy (non-hydrogen) atoms. The fraction of sp³-hybridized carbons (Fsp3) is 0.417. The van der Waals surface area contributed by atoms with Gasteiger partial charge in [0, 0.05) is 38.3 Å². The van der Waals surface area contributed by atoms with Gasteiger partial charge in [-0.25, -0.2) is 0 Å². The van der Waals surface area contributed by atoms with Crippen molar-refractivity contribution < 1.29 is 9.53 Å². The van der Waals surface area contributed by atoms with E-state index < -0.39 is 0 Å². The highest BCUT2D eigenvalue weighted by atomic mass is 127. The number of rotatable bonds is 9. The Labute approximate surface area is 203 Å². The first-order valence-corrected chi connectivity index (χ1v) is 10.5. The van der Waals surface area contributed by atoms with Crippen LogP contribution in [0.3, 0.4) is 0 Å². The summed E-state index contributed by atoms with van der Waals surface area (Å²) in [7, 11) is 1.77. The van der Waals surface area contributed by atoms with Crippen molar-refractivity contribution in [2.75, 3.05) is 18.9 Å². The second-order valence-electron chi connectivity index (χ2n) is 7.43. The smallest absolute Gasteiger partial charge is 0.221 e. The second kappa shape index (κ2) is 13.9. The van der Waals surface area contributed by atoms with Crippen LogP contribution in [0.15, 0.2) is 47.5 Å². The van der Waals surface area contributed by atoms with Crippen LogP contribution in [0.25, 0.3) is 0 Å². The van der Waals surface area contributed by atoms with Crippen molar-refractivity contribution in [2.24, 2.45) is 4.99 Å². The maximum absolute atomic E-state index is 11.1. The van der Waals surface area contributed by atoms with Crippen molar-refractivity contribution in [3.8, 4) is 5.75 Å². The van der Waals surface area contributed by atoms with E-state index in [1.165, 1.54) is 18.1 Å². The Morgan fingerprint density at radius 2 is 1.84 bits per heavy atom. The van der Waals surface area contributed by atoms with E-state index in [0.29, 0.717) is 6.54 Å². The van der Waals surface area contributed by atoms with Crippen LogP contribution in [0.4, 0.5) is 5.69 Å². The van der Waals surface area contributed by atoms with Gasteiger partial charge >= 0.3 is 0 Å². The number of guanidine groups is 1. The molecular weight excluding hydrogens is 503 g/mol. The lowest BCUT2D eigenvalue weighted by Gasteiger charge is -2.18. The Balaban J connectivity index is 0.00000480. The van der Waals surface area contributed by atoms with Crippen LogP contribution in [0.1, 0.15) is 43.9 Å². The van der Waals surface area contributed by atoms with Gasteiger partial charge in [0.15, 0.2) is 5.96 Å². The molecule has 170 valence electrons. The maximum atomic E-state index is 11.1. The van der Waals surface area contributed by atoms with Crippen molar-refractivity contribution in [3.63, 3.8) is 0 Å². The van der Waals surface area contributed by atoms with Crippen LogP contribution in [-0.2, 0) is 17.8 Å². The van der Waals surface area contributed by atoms with Gasteiger partial charge in [0.05, 0.1) is 6.10 Å². The van der Waals surface area contributed by atoms with Gasteiger partial charge in [0.25, 0.3) is 0 Å².